The zero-order valence-corrected chi connectivity index (χ0v) is 13.0. The van der Waals surface area contributed by atoms with Crippen molar-refractivity contribution in [3.05, 3.63) is 11.8 Å². The second-order valence-corrected chi connectivity index (χ2v) is 5.42. The largest absolute Gasteiger partial charge is 0.433 e. The molecule has 0 spiro atoms. The summed E-state index contributed by atoms with van der Waals surface area (Å²) in [6.07, 6.45) is -1.77. The molecule has 9 heteroatoms. The molecule has 1 aromatic heterocycles. The van der Waals surface area contributed by atoms with Crippen molar-refractivity contribution in [3.8, 4) is 0 Å². The molecule has 5 nitrogen and oxygen atoms in total. The standard InChI is InChI=1S/C13H18F3N5S/c1-2-5-17-12(22)20-11-18-9(13(14,15)16)8-10(19-11)21-6-3-4-7-21/h8H,2-7H2,1H3,(H2,17,18,19,20,22). The van der Waals surface area contributed by atoms with E-state index in [0.29, 0.717) is 19.6 Å². The summed E-state index contributed by atoms with van der Waals surface area (Å²) in [5.41, 5.74) is -0.967. The molecule has 2 rings (SSSR count). The van der Waals surface area contributed by atoms with E-state index in [1.165, 1.54) is 0 Å². The van der Waals surface area contributed by atoms with Gasteiger partial charge in [0.25, 0.3) is 0 Å². The van der Waals surface area contributed by atoms with Crippen molar-refractivity contribution in [2.45, 2.75) is 32.4 Å². The average Bonchev–Trinajstić information content (AvgIpc) is 2.98. The Balaban J connectivity index is 2.23. The van der Waals surface area contributed by atoms with Crippen LogP contribution in [0.5, 0.6) is 0 Å². The summed E-state index contributed by atoms with van der Waals surface area (Å²) < 4.78 is 39.0. The first kappa shape index (κ1) is 16.7. The van der Waals surface area contributed by atoms with Gasteiger partial charge in [-0.05, 0) is 31.5 Å². The molecule has 0 aliphatic carbocycles. The second kappa shape index (κ2) is 7.08. The van der Waals surface area contributed by atoms with Gasteiger partial charge in [-0.25, -0.2) is 4.98 Å². The Kier molecular flexibility index (Phi) is 5.38. The Bertz CT molecular complexity index is 529. The van der Waals surface area contributed by atoms with Crippen LogP contribution in [0.4, 0.5) is 24.9 Å². The van der Waals surface area contributed by atoms with E-state index in [1.807, 2.05) is 11.8 Å². The number of hydrogen-bond donors (Lipinski definition) is 2. The Morgan fingerprint density at radius 3 is 2.59 bits per heavy atom. The molecular formula is C13H18F3N5S. The normalized spacial score (nSPS) is 15.0. The second-order valence-electron chi connectivity index (χ2n) is 5.01. The number of alkyl halides is 3. The van der Waals surface area contributed by atoms with Gasteiger partial charge in [-0.15, -0.1) is 0 Å². The van der Waals surface area contributed by atoms with Gasteiger partial charge in [0.15, 0.2) is 10.8 Å². The van der Waals surface area contributed by atoms with E-state index < -0.39 is 11.9 Å². The van der Waals surface area contributed by atoms with Crippen LogP contribution in [0.3, 0.4) is 0 Å². The van der Waals surface area contributed by atoms with Crippen LogP contribution in [0.15, 0.2) is 6.07 Å². The van der Waals surface area contributed by atoms with Gasteiger partial charge in [0.1, 0.15) is 5.82 Å². The lowest BCUT2D eigenvalue weighted by Crippen LogP contribution is -2.30. The van der Waals surface area contributed by atoms with Crippen LogP contribution in [-0.4, -0.2) is 34.7 Å². The number of thiocarbonyl (C=S) groups is 1. The van der Waals surface area contributed by atoms with Crippen LogP contribution in [0.25, 0.3) is 0 Å². The lowest BCUT2D eigenvalue weighted by molar-refractivity contribution is -0.141. The fraction of sp³-hybridized carbons (Fsp3) is 0.615. The molecule has 22 heavy (non-hydrogen) atoms. The summed E-state index contributed by atoms with van der Waals surface area (Å²) in [7, 11) is 0. The highest BCUT2D eigenvalue weighted by Crippen LogP contribution is 2.31. The molecule has 2 N–H and O–H groups in total. The third-order valence-electron chi connectivity index (χ3n) is 3.19. The molecule has 2 heterocycles. The summed E-state index contributed by atoms with van der Waals surface area (Å²) in [5.74, 6) is 0.144. The first-order chi connectivity index (χ1) is 10.4. The van der Waals surface area contributed by atoms with Crippen molar-refractivity contribution < 1.29 is 13.2 Å². The van der Waals surface area contributed by atoms with Gasteiger partial charge < -0.3 is 15.5 Å². The van der Waals surface area contributed by atoms with Crippen molar-refractivity contribution in [3.63, 3.8) is 0 Å². The van der Waals surface area contributed by atoms with Crippen LogP contribution in [-0.2, 0) is 6.18 Å². The molecule has 0 aromatic carbocycles. The third kappa shape index (κ3) is 4.43. The number of nitrogens with zero attached hydrogens (tertiary/aromatic N) is 3. The molecule has 1 aliphatic heterocycles. The quantitative estimate of drug-likeness (QED) is 0.827. The van der Waals surface area contributed by atoms with Gasteiger partial charge in [0, 0.05) is 25.7 Å². The predicted molar refractivity (Wildman–Crippen MR) is 83.0 cm³/mol. The first-order valence-corrected chi connectivity index (χ1v) is 7.57. The van der Waals surface area contributed by atoms with Crippen LogP contribution in [0.2, 0.25) is 0 Å². The number of hydrogen-bond acceptors (Lipinski definition) is 4. The van der Waals surface area contributed by atoms with Crippen LogP contribution >= 0.6 is 12.2 Å². The molecule has 1 aromatic rings. The fourth-order valence-electron chi connectivity index (χ4n) is 2.13. The zero-order valence-electron chi connectivity index (χ0n) is 12.2. The van der Waals surface area contributed by atoms with E-state index >= 15 is 0 Å². The van der Waals surface area contributed by atoms with Gasteiger partial charge in [0.2, 0.25) is 5.95 Å². The smallest absolute Gasteiger partial charge is 0.362 e. The van der Waals surface area contributed by atoms with Crippen molar-refractivity contribution in [1.82, 2.24) is 15.3 Å². The maximum absolute atomic E-state index is 13.0. The summed E-state index contributed by atoms with van der Waals surface area (Å²) in [6.45, 7) is 3.99. The van der Waals surface area contributed by atoms with Gasteiger partial charge in [0.05, 0.1) is 0 Å². The summed E-state index contributed by atoms with van der Waals surface area (Å²) >= 11 is 5.02. The van der Waals surface area contributed by atoms with Crippen molar-refractivity contribution >= 4 is 29.1 Å². The topological polar surface area (TPSA) is 53.1 Å². The molecule has 0 saturated carbocycles. The number of aromatic nitrogens is 2. The molecule has 0 bridgehead atoms. The van der Waals surface area contributed by atoms with Gasteiger partial charge in [-0.1, -0.05) is 6.92 Å². The molecule has 122 valence electrons. The van der Waals surface area contributed by atoms with E-state index in [0.717, 1.165) is 25.3 Å². The predicted octanol–water partition coefficient (Wildman–Crippen LogP) is 2.79. The van der Waals surface area contributed by atoms with Gasteiger partial charge in [-0.2, -0.15) is 18.2 Å². The highest BCUT2D eigenvalue weighted by molar-refractivity contribution is 7.80. The van der Waals surface area contributed by atoms with E-state index in [9.17, 15) is 13.2 Å². The summed E-state index contributed by atoms with van der Waals surface area (Å²) in [6, 6.07) is 0.985. The maximum atomic E-state index is 13.0. The molecule has 0 unspecified atom stereocenters. The fourth-order valence-corrected chi connectivity index (χ4v) is 2.32. The number of nitrogens with one attached hydrogen (secondary N) is 2. The van der Waals surface area contributed by atoms with Crippen molar-refractivity contribution in [2.75, 3.05) is 29.9 Å². The van der Waals surface area contributed by atoms with Crippen LogP contribution < -0.4 is 15.5 Å². The Morgan fingerprint density at radius 1 is 1.32 bits per heavy atom. The lowest BCUT2D eigenvalue weighted by atomic mass is 10.3. The molecule has 0 amide bonds. The molecule has 0 radical (unpaired) electrons. The van der Waals surface area contributed by atoms with E-state index in [-0.39, 0.29) is 16.9 Å². The zero-order chi connectivity index (χ0) is 16.2. The van der Waals surface area contributed by atoms with Crippen LogP contribution in [0.1, 0.15) is 31.9 Å². The lowest BCUT2D eigenvalue weighted by Gasteiger charge is -2.19. The van der Waals surface area contributed by atoms with Crippen molar-refractivity contribution in [1.29, 1.82) is 0 Å². The van der Waals surface area contributed by atoms with Gasteiger partial charge in [-0.3, -0.25) is 0 Å². The Labute approximate surface area is 132 Å². The number of anilines is 2. The highest BCUT2D eigenvalue weighted by atomic mass is 32.1. The summed E-state index contributed by atoms with van der Waals surface area (Å²) in [5, 5.41) is 5.71. The number of halogens is 3. The molecule has 1 fully saturated rings. The van der Waals surface area contributed by atoms with Crippen molar-refractivity contribution in [2.24, 2.45) is 0 Å². The molecule has 0 atom stereocenters. The molecule has 1 aliphatic rings. The third-order valence-corrected chi connectivity index (χ3v) is 3.44. The van der Waals surface area contributed by atoms with E-state index in [1.54, 1.807) is 0 Å². The maximum Gasteiger partial charge on any atom is 0.433 e. The minimum atomic E-state index is -4.52. The number of rotatable bonds is 4. The minimum absolute atomic E-state index is 0.134. The SMILES string of the molecule is CCCNC(=S)Nc1nc(N2CCCC2)cc(C(F)(F)F)n1. The minimum Gasteiger partial charge on any atom is -0.362 e. The molecular weight excluding hydrogens is 315 g/mol. The summed E-state index contributed by atoms with van der Waals surface area (Å²) in [4.78, 5) is 9.50. The van der Waals surface area contributed by atoms with Crippen LogP contribution in [0, 0.1) is 0 Å². The monoisotopic (exact) mass is 333 g/mol. The first-order valence-electron chi connectivity index (χ1n) is 7.16. The Morgan fingerprint density at radius 2 is 2.00 bits per heavy atom. The highest BCUT2D eigenvalue weighted by Gasteiger charge is 2.34. The van der Waals surface area contributed by atoms with Gasteiger partial charge >= 0.3 is 6.18 Å². The Hall–Kier alpha value is -1.64. The average molecular weight is 333 g/mol. The van der Waals surface area contributed by atoms with E-state index in [4.69, 9.17) is 12.2 Å². The van der Waals surface area contributed by atoms with E-state index in [2.05, 4.69) is 20.6 Å². The molecule has 1 saturated heterocycles.